The highest BCUT2D eigenvalue weighted by atomic mass is 16.4. The Balaban J connectivity index is 2.11. The first kappa shape index (κ1) is 15.7. The van der Waals surface area contributed by atoms with Gasteiger partial charge in [-0.15, -0.1) is 0 Å². The number of carbonyl (C=O) groups excluding carboxylic acids is 2. The average Bonchev–Trinajstić information content (AvgIpc) is 2.44. The number of Topliss-reactive ketones (excluding diaryl/α,β-unsaturated/α-hetero) is 1. The normalized spacial score (nSPS) is 9.80. The van der Waals surface area contributed by atoms with Crippen molar-refractivity contribution >= 4 is 17.8 Å². The number of ketones is 1. The molecule has 0 saturated carbocycles. The van der Waals surface area contributed by atoms with Crippen LogP contribution in [0.1, 0.15) is 18.4 Å². The van der Waals surface area contributed by atoms with Crippen LogP contribution in [0.4, 0.5) is 4.79 Å². The first-order chi connectivity index (χ1) is 9.58. The van der Waals surface area contributed by atoms with E-state index in [2.05, 4.69) is 10.6 Å². The van der Waals surface area contributed by atoms with Crippen molar-refractivity contribution in [2.45, 2.75) is 19.3 Å². The maximum absolute atomic E-state index is 11.4. The highest BCUT2D eigenvalue weighted by Crippen LogP contribution is 1.97. The molecule has 0 atom stereocenters. The van der Waals surface area contributed by atoms with E-state index < -0.39 is 12.0 Å². The lowest BCUT2D eigenvalue weighted by Crippen LogP contribution is -2.39. The lowest BCUT2D eigenvalue weighted by Gasteiger charge is -2.07. The van der Waals surface area contributed by atoms with Crippen molar-refractivity contribution in [2.24, 2.45) is 0 Å². The zero-order chi connectivity index (χ0) is 14.8. The van der Waals surface area contributed by atoms with Gasteiger partial charge in [0.1, 0.15) is 0 Å². The summed E-state index contributed by atoms with van der Waals surface area (Å²) < 4.78 is 0. The Morgan fingerprint density at radius 1 is 1.00 bits per heavy atom. The molecule has 0 fully saturated rings. The summed E-state index contributed by atoms with van der Waals surface area (Å²) in [6.07, 6.45) is 0.428. The summed E-state index contributed by atoms with van der Waals surface area (Å²) in [5.41, 5.74) is 1.12. The molecule has 3 N–H and O–H groups in total. The van der Waals surface area contributed by atoms with Crippen molar-refractivity contribution in [3.05, 3.63) is 35.9 Å². The largest absolute Gasteiger partial charge is 0.481 e. The summed E-state index contributed by atoms with van der Waals surface area (Å²) in [7, 11) is 0. The van der Waals surface area contributed by atoms with Gasteiger partial charge in [-0.2, -0.15) is 0 Å². The number of nitrogens with one attached hydrogen (secondary N) is 2. The minimum atomic E-state index is -1.02. The van der Waals surface area contributed by atoms with Gasteiger partial charge in [-0.25, -0.2) is 4.79 Å². The molecule has 0 unspecified atom stereocenters. The number of urea groups is 1. The van der Waals surface area contributed by atoms with Gasteiger partial charge in [0.2, 0.25) is 0 Å². The van der Waals surface area contributed by atoms with Crippen LogP contribution in [0, 0.1) is 0 Å². The van der Waals surface area contributed by atoms with Crippen LogP contribution in [0.25, 0.3) is 0 Å². The third-order valence-corrected chi connectivity index (χ3v) is 2.61. The van der Waals surface area contributed by atoms with Crippen molar-refractivity contribution in [1.82, 2.24) is 10.6 Å². The minimum Gasteiger partial charge on any atom is -0.481 e. The Labute approximate surface area is 117 Å². The first-order valence-corrected chi connectivity index (χ1v) is 6.37. The summed E-state index contributed by atoms with van der Waals surface area (Å²) in [6.45, 7) is 0.323. The van der Waals surface area contributed by atoms with Gasteiger partial charge in [-0.3, -0.25) is 9.59 Å². The van der Waals surface area contributed by atoms with Gasteiger partial charge < -0.3 is 15.7 Å². The fourth-order valence-electron chi connectivity index (χ4n) is 1.54. The van der Waals surface area contributed by atoms with Crippen LogP contribution in [-0.4, -0.2) is 36.0 Å². The molecule has 1 aromatic rings. The van der Waals surface area contributed by atoms with Crippen molar-refractivity contribution in [2.75, 3.05) is 13.1 Å². The number of carboxylic acids is 1. The van der Waals surface area contributed by atoms with Crippen LogP contribution in [0.3, 0.4) is 0 Å². The van der Waals surface area contributed by atoms with E-state index in [9.17, 15) is 14.4 Å². The molecular formula is C14H18N2O4. The SMILES string of the molecule is O=C(O)CCC(=O)CNC(=O)NCCc1ccccc1. The molecule has 0 aromatic heterocycles. The van der Waals surface area contributed by atoms with Crippen molar-refractivity contribution in [1.29, 1.82) is 0 Å². The van der Waals surface area contributed by atoms with Gasteiger partial charge in [-0.1, -0.05) is 30.3 Å². The van der Waals surface area contributed by atoms with Crippen LogP contribution in [0.2, 0.25) is 0 Å². The van der Waals surface area contributed by atoms with Crippen LogP contribution >= 0.6 is 0 Å². The molecule has 0 radical (unpaired) electrons. The number of rotatable bonds is 8. The lowest BCUT2D eigenvalue weighted by atomic mass is 10.1. The second-order valence-corrected chi connectivity index (χ2v) is 4.28. The van der Waals surface area contributed by atoms with Crippen LogP contribution < -0.4 is 10.6 Å². The van der Waals surface area contributed by atoms with Crippen molar-refractivity contribution in [3.8, 4) is 0 Å². The van der Waals surface area contributed by atoms with Gasteiger partial charge in [-0.05, 0) is 12.0 Å². The smallest absolute Gasteiger partial charge is 0.315 e. The van der Waals surface area contributed by atoms with E-state index in [0.29, 0.717) is 13.0 Å². The summed E-state index contributed by atoms with van der Waals surface area (Å²) in [6, 6.07) is 9.29. The Hall–Kier alpha value is -2.37. The molecule has 0 saturated heterocycles. The molecule has 0 aliphatic rings. The molecule has 0 aliphatic carbocycles. The monoisotopic (exact) mass is 278 g/mol. The van der Waals surface area contributed by atoms with Gasteiger partial charge in [0.15, 0.2) is 5.78 Å². The fraction of sp³-hybridized carbons (Fsp3) is 0.357. The Bertz CT molecular complexity index is 460. The van der Waals surface area contributed by atoms with E-state index in [-0.39, 0.29) is 25.2 Å². The topological polar surface area (TPSA) is 95.5 Å². The standard InChI is InChI=1S/C14H18N2O4/c17-12(6-7-13(18)19)10-16-14(20)15-9-8-11-4-2-1-3-5-11/h1-5H,6-10H2,(H,18,19)(H2,15,16,20). The molecule has 6 nitrogen and oxygen atoms in total. The average molecular weight is 278 g/mol. The van der Waals surface area contributed by atoms with Crippen molar-refractivity contribution in [3.63, 3.8) is 0 Å². The molecule has 2 amide bonds. The molecule has 1 rings (SSSR count). The molecule has 108 valence electrons. The van der Waals surface area contributed by atoms with E-state index >= 15 is 0 Å². The predicted octanol–water partition coefficient (Wildman–Crippen LogP) is 0.962. The van der Waals surface area contributed by atoms with E-state index in [1.165, 1.54) is 0 Å². The highest BCUT2D eigenvalue weighted by molar-refractivity contribution is 5.87. The molecule has 0 spiro atoms. The lowest BCUT2D eigenvalue weighted by molar-refractivity contribution is -0.138. The van der Waals surface area contributed by atoms with E-state index in [4.69, 9.17) is 5.11 Å². The van der Waals surface area contributed by atoms with Crippen LogP contribution in [0.5, 0.6) is 0 Å². The highest BCUT2D eigenvalue weighted by Gasteiger charge is 2.07. The van der Waals surface area contributed by atoms with Gasteiger partial charge in [0.05, 0.1) is 13.0 Å². The number of aliphatic carboxylic acids is 1. The van der Waals surface area contributed by atoms with Crippen LogP contribution in [0.15, 0.2) is 30.3 Å². The fourth-order valence-corrected chi connectivity index (χ4v) is 1.54. The summed E-state index contributed by atoms with van der Waals surface area (Å²) in [4.78, 5) is 32.9. The third kappa shape index (κ3) is 7.15. The predicted molar refractivity (Wildman–Crippen MR) is 73.4 cm³/mol. The van der Waals surface area contributed by atoms with Gasteiger partial charge in [0, 0.05) is 13.0 Å². The first-order valence-electron chi connectivity index (χ1n) is 6.37. The molecular weight excluding hydrogens is 260 g/mol. The third-order valence-electron chi connectivity index (χ3n) is 2.61. The minimum absolute atomic E-state index is 0.0698. The molecule has 20 heavy (non-hydrogen) atoms. The number of hydrogen-bond donors (Lipinski definition) is 3. The molecule has 0 aliphatic heterocycles. The van der Waals surface area contributed by atoms with Gasteiger partial charge in [0.25, 0.3) is 0 Å². The number of carboxylic acid groups (broad SMARTS) is 1. The number of benzene rings is 1. The number of hydrogen-bond acceptors (Lipinski definition) is 3. The second-order valence-electron chi connectivity index (χ2n) is 4.28. The molecule has 0 bridgehead atoms. The molecule has 1 aromatic carbocycles. The van der Waals surface area contributed by atoms with Gasteiger partial charge >= 0.3 is 12.0 Å². The Morgan fingerprint density at radius 3 is 2.35 bits per heavy atom. The van der Waals surface area contributed by atoms with E-state index in [1.54, 1.807) is 0 Å². The Kier molecular flexibility index (Phi) is 6.81. The Morgan fingerprint density at radius 2 is 1.70 bits per heavy atom. The van der Waals surface area contributed by atoms with Crippen LogP contribution in [-0.2, 0) is 16.0 Å². The molecule has 6 heteroatoms. The van der Waals surface area contributed by atoms with E-state index in [1.807, 2.05) is 30.3 Å². The summed E-state index contributed by atoms with van der Waals surface area (Å²) in [5.74, 6) is -1.32. The number of amides is 2. The zero-order valence-electron chi connectivity index (χ0n) is 11.1. The summed E-state index contributed by atoms with van der Waals surface area (Å²) in [5, 5.41) is 13.4. The maximum Gasteiger partial charge on any atom is 0.315 e. The quantitative estimate of drug-likeness (QED) is 0.660. The maximum atomic E-state index is 11.4. The van der Waals surface area contributed by atoms with E-state index in [0.717, 1.165) is 5.56 Å². The zero-order valence-corrected chi connectivity index (χ0v) is 11.1. The summed E-state index contributed by atoms with van der Waals surface area (Å²) >= 11 is 0. The van der Waals surface area contributed by atoms with Crippen molar-refractivity contribution < 1.29 is 19.5 Å². The second kappa shape index (κ2) is 8.68. The number of carbonyl (C=O) groups is 3. The molecule has 0 heterocycles.